The van der Waals surface area contributed by atoms with Gasteiger partial charge in [-0.1, -0.05) is 0 Å². The number of furan rings is 1. The number of aryl methyl sites for hydroxylation is 1. The number of halogens is 1. The summed E-state index contributed by atoms with van der Waals surface area (Å²) in [6.45, 7) is 3.94. The van der Waals surface area contributed by atoms with E-state index < -0.39 is 0 Å². The number of hydrogen-bond acceptors (Lipinski definition) is 4. The maximum atomic E-state index is 5.52. The molecule has 16 heavy (non-hydrogen) atoms. The largest absolute Gasteiger partial charge is 0.464 e. The van der Waals surface area contributed by atoms with Gasteiger partial charge in [-0.05, 0) is 48.6 Å². The van der Waals surface area contributed by atoms with E-state index in [0.29, 0.717) is 5.95 Å². The first kappa shape index (κ1) is 11.4. The van der Waals surface area contributed by atoms with Crippen molar-refractivity contribution in [2.75, 3.05) is 5.32 Å². The van der Waals surface area contributed by atoms with E-state index in [-0.39, 0.29) is 6.04 Å². The maximum Gasteiger partial charge on any atom is 0.223 e. The predicted octanol–water partition coefficient (Wildman–Crippen LogP) is 3.16. The fourth-order valence-electron chi connectivity index (χ4n) is 1.34. The Balaban J connectivity index is 2.07. The molecule has 0 saturated heterocycles. The quantitative estimate of drug-likeness (QED) is 0.879. The van der Waals surface area contributed by atoms with Crippen LogP contribution in [0.1, 0.15) is 24.5 Å². The number of rotatable bonds is 3. The SMILES string of the molecule is Cc1ccc(C(C)Nc2ncc(I)cn2)o1. The Labute approximate surface area is 108 Å². The lowest BCUT2D eigenvalue weighted by Gasteiger charge is -2.10. The molecule has 0 bridgehead atoms. The first-order valence-corrected chi connectivity index (χ1v) is 6.03. The zero-order valence-corrected chi connectivity index (χ0v) is 11.2. The molecular weight excluding hydrogens is 317 g/mol. The molecule has 4 nitrogen and oxygen atoms in total. The standard InChI is InChI=1S/C11H12IN3O/c1-7-3-4-10(16-7)8(2)15-11-13-5-9(12)6-14-11/h3-6,8H,1-2H3,(H,13,14,15). The van der Waals surface area contributed by atoms with Crippen molar-refractivity contribution in [2.45, 2.75) is 19.9 Å². The molecule has 1 atom stereocenters. The topological polar surface area (TPSA) is 51.0 Å². The minimum Gasteiger partial charge on any atom is -0.464 e. The first-order chi connectivity index (χ1) is 7.65. The van der Waals surface area contributed by atoms with Crippen molar-refractivity contribution in [3.05, 3.63) is 39.6 Å². The number of anilines is 1. The molecule has 0 amide bonds. The van der Waals surface area contributed by atoms with E-state index in [2.05, 4.69) is 37.9 Å². The molecule has 1 unspecified atom stereocenters. The minimum atomic E-state index is 0.0637. The van der Waals surface area contributed by atoms with Crippen molar-refractivity contribution in [1.29, 1.82) is 0 Å². The van der Waals surface area contributed by atoms with Crippen molar-refractivity contribution in [3.63, 3.8) is 0 Å². The Morgan fingerprint density at radius 2 is 2.00 bits per heavy atom. The van der Waals surface area contributed by atoms with Crippen LogP contribution in [-0.4, -0.2) is 9.97 Å². The van der Waals surface area contributed by atoms with Gasteiger partial charge in [0.2, 0.25) is 5.95 Å². The van der Waals surface area contributed by atoms with Crippen LogP contribution >= 0.6 is 22.6 Å². The Morgan fingerprint density at radius 1 is 1.31 bits per heavy atom. The molecule has 5 heteroatoms. The highest BCUT2D eigenvalue weighted by molar-refractivity contribution is 14.1. The number of nitrogens with one attached hydrogen (secondary N) is 1. The van der Waals surface area contributed by atoms with E-state index in [1.165, 1.54) is 0 Å². The van der Waals surface area contributed by atoms with E-state index in [4.69, 9.17) is 4.42 Å². The summed E-state index contributed by atoms with van der Waals surface area (Å²) >= 11 is 2.17. The molecule has 2 aromatic heterocycles. The van der Waals surface area contributed by atoms with Crippen molar-refractivity contribution >= 4 is 28.5 Å². The lowest BCUT2D eigenvalue weighted by Crippen LogP contribution is -2.08. The maximum absolute atomic E-state index is 5.52. The van der Waals surface area contributed by atoms with Gasteiger partial charge in [0.1, 0.15) is 11.5 Å². The van der Waals surface area contributed by atoms with Gasteiger partial charge in [0.15, 0.2) is 0 Å². The monoisotopic (exact) mass is 329 g/mol. The molecule has 0 saturated carbocycles. The van der Waals surface area contributed by atoms with Gasteiger partial charge >= 0.3 is 0 Å². The van der Waals surface area contributed by atoms with Gasteiger partial charge in [-0.25, -0.2) is 9.97 Å². The van der Waals surface area contributed by atoms with Gasteiger partial charge in [-0.15, -0.1) is 0 Å². The van der Waals surface area contributed by atoms with Crippen molar-refractivity contribution in [1.82, 2.24) is 9.97 Å². The average Bonchev–Trinajstić information content (AvgIpc) is 2.68. The van der Waals surface area contributed by atoms with Gasteiger partial charge in [0.25, 0.3) is 0 Å². The van der Waals surface area contributed by atoms with Crippen molar-refractivity contribution in [3.8, 4) is 0 Å². The van der Waals surface area contributed by atoms with Crippen LogP contribution in [-0.2, 0) is 0 Å². The average molecular weight is 329 g/mol. The molecule has 84 valence electrons. The highest BCUT2D eigenvalue weighted by Crippen LogP contribution is 2.18. The van der Waals surface area contributed by atoms with Crippen LogP contribution in [0.3, 0.4) is 0 Å². The third kappa shape index (κ3) is 2.72. The molecule has 2 rings (SSSR count). The number of nitrogens with zero attached hydrogens (tertiary/aromatic N) is 2. The van der Waals surface area contributed by atoms with E-state index in [9.17, 15) is 0 Å². The lowest BCUT2D eigenvalue weighted by molar-refractivity contribution is 0.466. The van der Waals surface area contributed by atoms with E-state index in [1.54, 1.807) is 12.4 Å². The normalized spacial score (nSPS) is 12.4. The molecule has 1 N–H and O–H groups in total. The number of aromatic nitrogens is 2. The zero-order chi connectivity index (χ0) is 11.5. The van der Waals surface area contributed by atoms with Crippen LogP contribution in [0.4, 0.5) is 5.95 Å². The third-order valence-corrected chi connectivity index (χ3v) is 2.71. The second-order valence-corrected chi connectivity index (χ2v) is 4.78. The smallest absolute Gasteiger partial charge is 0.223 e. The molecule has 0 aliphatic rings. The van der Waals surface area contributed by atoms with Gasteiger partial charge in [-0.2, -0.15) is 0 Å². The predicted molar refractivity (Wildman–Crippen MR) is 70.2 cm³/mol. The minimum absolute atomic E-state index is 0.0637. The summed E-state index contributed by atoms with van der Waals surface area (Å²) in [7, 11) is 0. The van der Waals surface area contributed by atoms with Crippen LogP contribution in [0.15, 0.2) is 28.9 Å². The Bertz CT molecular complexity index is 466. The molecule has 0 aromatic carbocycles. The molecular formula is C11H12IN3O. The fourth-order valence-corrected chi connectivity index (χ4v) is 1.62. The van der Waals surface area contributed by atoms with Gasteiger partial charge < -0.3 is 9.73 Å². The van der Waals surface area contributed by atoms with Gasteiger partial charge in [-0.3, -0.25) is 0 Å². The highest BCUT2D eigenvalue weighted by Gasteiger charge is 2.10. The Kier molecular flexibility index (Phi) is 3.42. The second kappa shape index (κ2) is 4.82. The van der Waals surface area contributed by atoms with Crippen molar-refractivity contribution in [2.24, 2.45) is 0 Å². The Hall–Kier alpha value is -1.11. The molecule has 0 radical (unpaired) electrons. The fraction of sp³-hybridized carbons (Fsp3) is 0.273. The summed E-state index contributed by atoms with van der Waals surface area (Å²) in [6.07, 6.45) is 3.55. The molecule has 2 aromatic rings. The lowest BCUT2D eigenvalue weighted by atomic mass is 10.2. The van der Waals surface area contributed by atoms with Crippen LogP contribution in [0, 0.1) is 10.5 Å². The Morgan fingerprint density at radius 3 is 2.56 bits per heavy atom. The van der Waals surface area contributed by atoms with Crippen LogP contribution in [0.5, 0.6) is 0 Å². The third-order valence-electron chi connectivity index (χ3n) is 2.15. The van der Waals surface area contributed by atoms with Crippen LogP contribution < -0.4 is 5.32 Å². The summed E-state index contributed by atoms with van der Waals surface area (Å²) < 4.78 is 6.54. The first-order valence-electron chi connectivity index (χ1n) is 4.95. The molecule has 0 fully saturated rings. The highest BCUT2D eigenvalue weighted by atomic mass is 127. The molecule has 2 heterocycles. The van der Waals surface area contributed by atoms with E-state index >= 15 is 0 Å². The van der Waals surface area contributed by atoms with Crippen LogP contribution in [0.2, 0.25) is 0 Å². The van der Waals surface area contributed by atoms with Crippen molar-refractivity contribution < 1.29 is 4.42 Å². The van der Waals surface area contributed by atoms with E-state index in [1.807, 2.05) is 26.0 Å². The van der Waals surface area contributed by atoms with Gasteiger partial charge in [0, 0.05) is 16.0 Å². The second-order valence-electron chi connectivity index (χ2n) is 3.54. The summed E-state index contributed by atoms with van der Waals surface area (Å²) in [5, 5.41) is 3.18. The summed E-state index contributed by atoms with van der Waals surface area (Å²) in [4.78, 5) is 8.36. The summed E-state index contributed by atoms with van der Waals surface area (Å²) in [5.74, 6) is 2.41. The zero-order valence-electron chi connectivity index (χ0n) is 9.07. The van der Waals surface area contributed by atoms with Gasteiger partial charge in [0.05, 0.1) is 6.04 Å². The molecule has 0 spiro atoms. The summed E-state index contributed by atoms with van der Waals surface area (Å²) in [6, 6.07) is 3.97. The summed E-state index contributed by atoms with van der Waals surface area (Å²) in [5.41, 5.74) is 0. The molecule has 0 aliphatic heterocycles. The van der Waals surface area contributed by atoms with Crippen LogP contribution in [0.25, 0.3) is 0 Å². The number of hydrogen-bond donors (Lipinski definition) is 1. The molecule has 0 aliphatic carbocycles. The van der Waals surface area contributed by atoms with E-state index in [0.717, 1.165) is 15.1 Å².